The highest BCUT2D eigenvalue weighted by Crippen LogP contribution is 2.16. The van der Waals surface area contributed by atoms with E-state index < -0.39 is 6.10 Å². The zero-order valence-electron chi connectivity index (χ0n) is 50.4. The molecule has 77 heavy (non-hydrogen) atoms. The number of carbonyl (C=O) groups is 3. The van der Waals surface area contributed by atoms with E-state index in [1.807, 2.05) is 0 Å². The van der Waals surface area contributed by atoms with Crippen LogP contribution in [-0.2, 0) is 28.6 Å². The predicted octanol–water partition coefficient (Wildman–Crippen LogP) is 22.2. The summed E-state index contributed by atoms with van der Waals surface area (Å²) in [7, 11) is 0. The van der Waals surface area contributed by atoms with Gasteiger partial charge >= 0.3 is 17.9 Å². The van der Waals surface area contributed by atoms with Gasteiger partial charge in [-0.15, -0.1) is 0 Å². The molecule has 0 aliphatic rings. The first-order valence-electron chi connectivity index (χ1n) is 32.4. The molecule has 0 heterocycles. The minimum Gasteiger partial charge on any atom is -0.462 e. The van der Waals surface area contributed by atoms with Gasteiger partial charge in [0.1, 0.15) is 13.2 Å². The van der Waals surface area contributed by atoms with E-state index in [1.165, 1.54) is 122 Å². The molecule has 0 aliphatic heterocycles. The average molecular weight is 1070 g/mol. The molecule has 0 amide bonds. The van der Waals surface area contributed by atoms with Crippen molar-refractivity contribution in [1.29, 1.82) is 0 Å². The van der Waals surface area contributed by atoms with Crippen LogP contribution in [0, 0.1) is 0 Å². The summed E-state index contributed by atoms with van der Waals surface area (Å²) in [5.41, 5.74) is 0. The van der Waals surface area contributed by atoms with Gasteiger partial charge in [0.15, 0.2) is 6.10 Å². The first-order valence-corrected chi connectivity index (χ1v) is 32.4. The van der Waals surface area contributed by atoms with Crippen LogP contribution in [0.5, 0.6) is 0 Å². The average Bonchev–Trinajstić information content (AvgIpc) is 3.43. The molecule has 440 valence electrons. The third-order valence-corrected chi connectivity index (χ3v) is 13.7. The maximum absolute atomic E-state index is 12.9. The van der Waals surface area contributed by atoms with Crippen LogP contribution in [0.25, 0.3) is 0 Å². The molecule has 0 rings (SSSR count). The van der Waals surface area contributed by atoms with Gasteiger partial charge in [-0.2, -0.15) is 0 Å². The Balaban J connectivity index is 4.29. The second kappa shape index (κ2) is 64.6. The van der Waals surface area contributed by atoms with Crippen LogP contribution in [0.1, 0.15) is 303 Å². The van der Waals surface area contributed by atoms with E-state index >= 15 is 0 Å². The lowest BCUT2D eigenvalue weighted by molar-refractivity contribution is -0.167. The Morgan fingerprint density at radius 2 is 0.519 bits per heavy atom. The monoisotopic (exact) mass is 1070 g/mol. The fourth-order valence-electron chi connectivity index (χ4n) is 8.87. The lowest BCUT2D eigenvalue weighted by Crippen LogP contribution is -2.30. The number of rotatable bonds is 58. The van der Waals surface area contributed by atoms with E-state index in [2.05, 4.69) is 130 Å². The Morgan fingerprint density at radius 1 is 0.273 bits per heavy atom. The number of allylic oxidation sites excluding steroid dienone is 18. The van der Waals surface area contributed by atoms with Crippen LogP contribution in [-0.4, -0.2) is 37.2 Å². The van der Waals surface area contributed by atoms with Crippen LogP contribution >= 0.6 is 0 Å². The summed E-state index contributed by atoms with van der Waals surface area (Å²) in [5.74, 6) is -0.910. The van der Waals surface area contributed by atoms with E-state index in [-0.39, 0.29) is 31.1 Å². The molecule has 0 fully saturated rings. The Hall–Kier alpha value is -3.93. The van der Waals surface area contributed by atoms with E-state index in [9.17, 15) is 14.4 Å². The molecule has 1 atom stereocenters. The molecule has 6 nitrogen and oxygen atoms in total. The lowest BCUT2D eigenvalue weighted by atomic mass is 10.0. The van der Waals surface area contributed by atoms with Gasteiger partial charge in [0.05, 0.1) is 0 Å². The molecule has 0 saturated heterocycles. The zero-order chi connectivity index (χ0) is 55.7. The normalized spacial score (nSPS) is 12.8. The van der Waals surface area contributed by atoms with Crippen molar-refractivity contribution in [2.24, 2.45) is 0 Å². The van der Waals surface area contributed by atoms with E-state index in [0.717, 1.165) is 141 Å². The van der Waals surface area contributed by atoms with Gasteiger partial charge in [0.25, 0.3) is 0 Å². The lowest BCUT2D eigenvalue weighted by Gasteiger charge is -2.18. The first-order chi connectivity index (χ1) is 38.0. The molecule has 0 aliphatic carbocycles. The van der Waals surface area contributed by atoms with Crippen molar-refractivity contribution in [1.82, 2.24) is 0 Å². The van der Waals surface area contributed by atoms with E-state index in [1.54, 1.807) is 0 Å². The van der Waals surface area contributed by atoms with Gasteiger partial charge in [-0.1, -0.05) is 271 Å². The smallest absolute Gasteiger partial charge is 0.306 e. The van der Waals surface area contributed by atoms with Crippen LogP contribution in [0.3, 0.4) is 0 Å². The molecule has 0 aromatic heterocycles. The number of carbonyl (C=O) groups excluding carboxylic acids is 3. The first kappa shape index (κ1) is 73.1. The molecule has 6 heteroatoms. The van der Waals surface area contributed by atoms with Crippen molar-refractivity contribution in [2.45, 2.75) is 309 Å². The van der Waals surface area contributed by atoms with Gasteiger partial charge < -0.3 is 14.2 Å². The third-order valence-electron chi connectivity index (χ3n) is 13.7. The molecular weight excluding hydrogens is 949 g/mol. The molecular formula is C71H120O6. The molecule has 0 aromatic carbocycles. The highest BCUT2D eigenvalue weighted by Gasteiger charge is 2.19. The van der Waals surface area contributed by atoms with Crippen LogP contribution < -0.4 is 0 Å². The predicted molar refractivity (Wildman–Crippen MR) is 334 cm³/mol. The minimum absolute atomic E-state index is 0.0885. The molecule has 0 bridgehead atoms. The number of ether oxygens (including phenoxy) is 3. The number of unbranched alkanes of at least 4 members (excludes halogenated alkanes) is 29. The largest absolute Gasteiger partial charge is 0.462 e. The summed E-state index contributed by atoms with van der Waals surface area (Å²) < 4.78 is 16.9. The van der Waals surface area contributed by atoms with Crippen molar-refractivity contribution >= 4 is 17.9 Å². The summed E-state index contributed by atoms with van der Waals surface area (Å²) in [6.07, 6.45) is 88.1. The van der Waals surface area contributed by atoms with Gasteiger partial charge in [0.2, 0.25) is 0 Å². The quantitative estimate of drug-likeness (QED) is 0.0261. The number of hydrogen-bond donors (Lipinski definition) is 0. The van der Waals surface area contributed by atoms with Gasteiger partial charge in [-0.3, -0.25) is 14.4 Å². The molecule has 0 spiro atoms. The van der Waals surface area contributed by atoms with Crippen molar-refractivity contribution in [3.8, 4) is 0 Å². The van der Waals surface area contributed by atoms with Crippen LogP contribution in [0.4, 0.5) is 0 Å². The summed E-state index contributed by atoms with van der Waals surface area (Å²) in [5, 5.41) is 0. The molecule has 0 radical (unpaired) electrons. The van der Waals surface area contributed by atoms with Crippen molar-refractivity contribution < 1.29 is 28.6 Å². The number of esters is 3. The Kier molecular flexibility index (Phi) is 61.3. The fourth-order valence-corrected chi connectivity index (χ4v) is 8.87. The third kappa shape index (κ3) is 62.8. The Bertz CT molecular complexity index is 1560. The van der Waals surface area contributed by atoms with Crippen molar-refractivity contribution in [2.75, 3.05) is 13.2 Å². The molecule has 0 N–H and O–H groups in total. The summed E-state index contributed by atoms with van der Waals surface area (Å²) in [4.78, 5) is 38.3. The van der Waals surface area contributed by atoms with Crippen LogP contribution in [0.15, 0.2) is 109 Å². The van der Waals surface area contributed by atoms with Crippen LogP contribution in [0.2, 0.25) is 0 Å². The van der Waals surface area contributed by atoms with Gasteiger partial charge in [-0.05, 0) is 122 Å². The van der Waals surface area contributed by atoms with Gasteiger partial charge in [-0.25, -0.2) is 0 Å². The Labute approximate surface area is 476 Å². The second-order valence-electron chi connectivity index (χ2n) is 21.3. The van der Waals surface area contributed by atoms with Crippen molar-refractivity contribution in [3.05, 3.63) is 109 Å². The van der Waals surface area contributed by atoms with E-state index in [0.29, 0.717) is 19.3 Å². The van der Waals surface area contributed by atoms with E-state index in [4.69, 9.17) is 14.2 Å². The highest BCUT2D eigenvalue weighted by molar-refractivity contribution is 5.71. The maximum Gasteiger partial charge on any atom is 0.306 e. The van der Waals surface area contributed by atoms with Gasteiger partial charge in [0, 0.05) is 19.3 Å². The highest BCUT2D eigenvalue weighted by atomic mass is 16.6. The standard InChI is InChI=1S/C71H120O6/c1-4-7-10-13-16-19-22-25-28-30-31-32-33-34-35-36-37-38-39-40-41-42-44-46-49-52-55-58-61-64-70(73)76-67-68(66-75-69(72)63-60-57-54-51-48-45-27-24-21-18-15-12-9-6-3)77-71(74)65-62-59-56-53-50-47-43-29-26-23-20-17-14-11-8-5-2/h7,10,15-16,18-20,23-25,27-29,31-32,34-35,43,68H,4-6,8-9,11-14,17,21-22,26,30,33,36-42,44-67H2,1-3H3/b10-7-,18-15-,19-16-,23-20-,27-24-,28-25-,32-31-,35-34-,43-29-. The molecule has 0 saturated carbocycles. The second-order valence-corrected chi connectivity index (χ2v) is 21.3. The minimum atomic E-state index is -0.793. The zero-order valence-corrected chi connectivity index (χ0v) is 50.4. The summed E-state index contributed by atoms with van der Waals surface area (Å²) >= 11 is 0. The summed E-state index contributed by atoms with van der Waals surface area (Å²) in [6, 6.07) is 0. The summed E-state index contributed by atoms with van der Waals surface area (Å²) in [6.45, 7) is 6.46. The molecule has 1 unspecified atom stereocenters. The van der Waals surface area contributed by atoms with Crippen molar-refractivity contribution in [3.63, 3.8) is 0 Å². The number of hydrogen-bond acceptors (Lipinski definition) is 6. The maximum atomic E-state index is 12.9. The topological polar surface area (TPSA) is 78.9 Å². The fraction of sp³-hybridized carbons (Fsp3) is 0.704. The Morgan fingerprint density at radius 3 is 0.831 bits per heavy atom. The SMILES string of the molecule is CC/C=C\C/C=C\C/C=C\C/C=C\C/C=C\CCCCCCCCCCCCCCCC(=O)OCC(COC(=O)CCCCCCC/C=C\C/C=C\CCCC)OC(=O)CCCCCCC/C=C\C/C=C\CCCCCC. The molecule has 0 aromatic rings.